The van der Waals surface area contributed by atoms with Gasteiger partial charge >= 0.3 is 0 Å². The van der Waals surface area contributed by atoms with Crippen LogP contribution in [0.2, 0.25) is 0 Å². The number of hydrogen-bond acceptors (Lipinski definition) is 3. The molecule has 0 aliphatic carbocycles. The van der Waals surface area contributed by atoms with Crippen LogP contribution in [-0.2, 0) is 0 Å². The van der Waals surface area contributed by atoms with Gasteiger partial charge in [-0.1, -0.05) is 26.7 Å². The molecular formula is C11H26N2O. The van der Waals surface area contributed by atoms with Gasteiger partial charge in [0, 0.05) is 25.2 Å². The van der Waals surface area contributed by atoms with Gasteiger partial charge in [-0.3, -0.25) is 0 Å². The lowest BCUT2D eigenvalue weighted by Gasteiger charge is -2.25. The number of nitrogens with one attached hydrogen (secondary N) is 1. The van der Waals surface area contributed by atoms with Crippen LogP contribution in [0.3, 0.4) is 0 Å². The number of nitrogens with two attached hydrogens (primary N) is 1. The average Bonchev–Trinajstić information content (AvgIpc) is 2.22. The first-order chi connectivity index (χ1) is 6.65. The van der Waals surface area contributed by atoms with Crippen molar-refractivity contribution in [2.24, 2.45) is 11.7 Å². The van der Waals surface area contributed by atoms with Crippen LogP contribution >= 0.6 is 0 Å². The standard InChI is InChI=1S/C11H26N2O/c1-4-5-6-11(7-12)13-10(3)9(2)8-14/h9-11,13-14H,4-8,12H2,1-3H3. The van der Waals surface area contributed by atoms with Crippen molar-refractivity contribution in [2.75, 3.05) is 13.2 Å². The zero-order valence-corrected chi connectivity index (χ0v) is 9.79. The Balaban J connectivity index is 3.79. The SMILES string of the molecule is CCCCC(CN)NC(C)C(C)CO. The van der Waals surface area contributed by atoms with Crippen molar-refractivity contribution in [3.05, 3.63) is 0 Å². The second-order valence-corrected chi connectivity index (χ2v) is 4.19. The number of rotatable bonds is 8. The number of unbranched alkanes of at least 4 members (excludes halogenated alkanes) is 1. The van der Waals surface area contributed by atoms with Gasteiger partial charge in [-0.2, -0.15) is 0 Å². The number of hydrogen-bond donors (Lipinski definition) is 3. The van der Waals surface area contributed by atoms with Gasteiger partial charge in [0.05, 0.1) is 0 Å². The average molecular weight is 202 g/mol. The zero-order chi connectivity index (χ0) is 11.0. The van der Waals surface area contributed by atoms with Gasteiger partial charge in [0.1, 0.15) is 0 Å². The first-order valence-electron chi connectivity index (χ1n) is 5.72. The van der Waals surface area contributed by atoms with E-state index in [1.54, 1.807) is 0 Å². The van der Waals surface area contributed by atoms with Crippen molar-refractivity contribution in [1.29, 1.82) is 0 Å². The highest BCUT2D eigenvalue weighted by Gasteiger charge is 2.14. The molecule has 0 aliphatic rings. The first-order valence-corrected chi connectivity index (χ1v) is 5.72. The maximum atomic E-state index is 9.00. The van der Waals surface area contributed by atoms with Crippen molar-refractivity contribution >= 4 is 0 Å². The molecule has 0 aromatic rings. The van der Waals surface area contributed by atoms with Gasteiger partial charge in [0.25, 0.3) is 0 Å². The normalized spacial score (nSPS) is 17.8. The van der Waals surface area contributed by atoms with Gasteiger partial charge in [0.15, 0.2) is 0 Å². The summed E-state index contributed by atoms with van der Waals surface area (Å²) in [7, 11) is 0. The Kier molecular flexibility index (Phi) is 8.14. The molecule has 0 saturated carbocycles. The fraction of sp³-hybridized carbons (Fsp3) is 1.00. The predicted molar refractivity (Wildman–Crippen MR) is 61.2 cm³/mol. The van der Waals surface area contributed by atoms with E-state index in [2.05, 4.69) is 19.2 Å². The van der Waals surface area contributed by atoms with Gasteiger partial charge in [-0.25, -0.2) is 0 Å². The lowest BCUT2D eigenvalue weighted by Crippen LogP contribution is -2.44. The van der Waals surface area contributed by atoms with E-state index in [9.17, 15) is 0 Å². The fourth-order valence-electron chi connectivity index (χ4n) is 1.41. The second-order valence-electron chi connectivity index (χ2n) is 4.19. The molecule has 0 aromatic carbocycles. The highest BCUT2D eigenvalue weighted by Crippen LogP contribution is 2.05. The van der Waals surface area contributed by atoms with E-state index in [0.717, 1.165) is 6.42 Å². The van der Waals surface area contributed by atoms with E-state index in [1.807, 2.05) is 6.92 Å². The Labute approximate surface area is 88.1 Å². The first kappa shape index (κ1) is 13.9. The van der Waals surface area contributed by atoms with Crippen LogP contribution < -0.4 is 11.1 Å². The molecule has 0 bridgehead atoms. The topological polar surface area (TPSA) is 58.3 Å². The highest BCUT2D eigenvalue weighted by molar-refractivity contribution is 4.75. The van der Waals surface area contributed by atoms with Gasteiger partial charge in [-0.15, -0.1) is 0 Å². The Morgan fingerprint density at radius 2 is 2.00 bits per heavy atom. The molecule has 0 aliphatic heterocycles. The molecule has 0 aromatic heterocycles. The van der Waals surface area contributed by atoms with E-state index in [4.69, 9.17) is 10.8 Å². The van der Waals surface area contributed by atoms with E-state index >= 15 is 0 Å². The van der Waals surface area contributed by atoms with E-state index in [0.29, 0.717) is 24.5 Å². The lowest BCUT2D eigenvalue weighted by atomic mass is 10.0. The molecule has 3 heteroatoms. The van der Waals surface area contributed by atoms with E-state index in [-0.39, 0.29) is 6.61 Å². The van der Waals surface area contributed by atoms with E-state index in [1.165, 1.54) is 12.8 Å². The quantitative estimate of drug-likeness (QED) is 0.552. The molecule has 0 heterocycles. The molecule has 3 nitrogen and oxygen atoms in total. The van der Waals surface area contributed by atoms with Crippen molar-refractivity contribution < 1.29 is 5.11 Å². The second kappa shape index (κ2) is 8.21. The van der Waals surface area contributed by atoms with Crippen LogP contribution in [0, 0.1) is 5.92 Å². The maximum absolute atomic E-state index is 9.00. The minimum Gasteiger partial charge on any atom is -0.396 e. The smallest absolute Gasteiger partial charge is 0.0471 e. The van der Waals surface area contributed by atoms with Crippen LogP contribution in [0.5, 0.6) is 0 Å². The lowest BCUT2D eigenvalue weighted by molar-refractivity contribution is 0.199. The maximum Gasteiger partial charge on any atom is 0.0471 e. The third kappa shape index (κ3) is 5.58. The molecule has 0 spiro atoms. The molecule has 3 atom stereocenters. The fourth-order valence-corrected chi connectivity index (χ4v) is 1.41. The third-order valence-corrected chi connectivity index (χ3v) is 2.83. The van der Waals surface area contributed by atoms with Crippen molar-refractivity contribution in [3.63, 3.8) is 0 Å². The zero-order valence-electron chi connectivity index (χ0n) is 9.79. The third-order valence-electron chi connectivity index (χ3n) is 2.83. The molecule has 14 heavy (non-hydrogen) atoms. The van der Waals surface area contributed by atoms with Crippen LogP contribution in [0.15, 0.2) is 0 Å². The monoisotopic (exact) mass is 202 g/mol. The molecule has 0 rings (SSSR count). The summed E-state index contributed by atoms with van der Waals surface area (Å²) in [6.45, 7) is 7.26. The van der Waals surface area contributed by atoms with Crippen LogP contribution in [-0.4, -0.2) is 30.3 Å². The van der Waals surface area contributed by atoms with Crippen molar-refractivity contribution in [2.45, 2.75) is 52.1 Å². The molecule has 3 unspecified atom stereocenters. The van der Waals surface area contributed by atoms with Crippen molar-refractivity contribution in [1.82, 2.24) is 5.32 Å². The Bertz CT molecular complexity index is 130. The summed E-state index contributed by atoms with van der Waals surface area (Å²) >= 11 is 0. The summed E-state index contributed by atoms with van der Waals surface area (Å²) in [5.41, 5.74) is 5.68. The van der Waals surface area contributed by atoms with Gasteiger partial charge in [0.2, 0.25) is 0 Å². The summed E-state index contributed by atoms with van der Waals surface area (Å²) < 4.78 is 0. The predicted octanol–water partition coefficient (Wildman–Crippen LogP) is 1.11. The summed E-state index contributed by atoms with van der Waals surface area (Å²) in [5.74, 6) is 0.297. The number of aliphatic hydroxyl groups excluding tert-OH is 1. The largest absolute Gasteiger partial charge is 0.396 e. The van der Waals surface area contributed by atoms with Crippen LogP contribution in [0.4, 0.5) is 0 Å². The highest BCUT2D eigenvalue weighted by atomic mass is 16.3. The number of aliphatic hydroxyl groups is 1. The minimum absolute atomic E-state index is 0.235. The molecule has 4 N–H and O–H groups in total. The molecule has 0 amide bonds. The summed E-state index contributed by atoms with van der Waals surface area (Å²) in [5, 5.41) is 12.5. The molecule has 0 saturated heterocycles. The molecule has 0 fully saturated rings. The van der Waals surface area contributed by atoms with E-state index < -0.39 is 0 Å². The minimum atomic E-state index is 0.235. The summed E-state index contributed by atoms with van der Waals surface area (Å²) in [6.07, 6.45) is 3.56. The molecular weight excluding hydrogens is 176 g/mol. The summed E-state index contributed by atoms with van der Waals surface area (Å²) in [6, 6.07) is 0.740. The Morgan fingerprint density at radius 3 is 2.43 bits per heavy atom. The van der Waals surface area contributed by atoms with Crippen LogP contribution in [0.25, 0.3) is 0 Å². The molecule has 0 radical (unpaired) electrons. The summed E-state index contributed by atoms with van der Waals surface area (Å²) in [4.78, 5) is 0. The van der Waals surface area contributed by atoms with Crippen molar-refractivity contribution in [3.8, 4) is 0 Å². The van der Waals surface area contributed by atoms with Gasteiger partial charge < -0.3 is 16.2 Å². The Morgan fingerprint density at radius 1 is 1.36 bits per heavy atom. The van der Waals surface area contributed by atoms with Gasteiger partial charge in [-0.05, 0) is 19.3 Å². The Hall–Kier alpha value is -0.120. The van der Waals surface area contributed by atoms with Crippen LogP contribution in [0.1, 0.15) is 40.0 Å². The molecule has 86 valence electrons.